The molecule has 4 N–H and O–H groups in total. The molecule has 8 heteroatoms. The van der Waals surface area contributed by atoms with Gasteiger partial charge in [-0.3, -0.25) is 10.2 Å². The van der Waals surface area contributed by atoms with E-state index in [1.54, 1.807) is 0 Å². The first-order valence-electron chi connectivity index (χ1n) is 12.1. The van der Waals surface area contributed by atoms with Crippen LogP contribution in [0.4, 0.5) is 11.6 Å². The molecule has 3 aromatic rings. The smallest absolute Gasteiger partial charge is 0.245 e. The average molecular weight is 469 g/mol. The van der Waals surface area contributed by atoms with E-state index in [0.717, 1.165) is 61.1 Å². The van der Waals surface area contributed by atoms with Crippen LogP contribution < -0.4 is 11.1 Å². The Morgan fingerprint density at radius 2 is 1.97 bits per heavy atom. The predicted molar refractivity (Wildman–Crippen MR) is 136 cm³/mol. The second kappa shape index (κ2) is 8.37. The first-order valence-corrected chi connectivity index (χ1v) is 12.1. The van der Waals surface area contributed by atoms with Gasteiger partial charge in [0.15, 0.2) is 0 Å². The van der Waals surface area contributed by atoms with Crippen molar-refractivity contribution in [1.82, 2.24) is 14.9 Å². The van der Waals surface area contributed by atoms with E-state index < -0.39 is 0 Å². The third kappa shape index (κ3) is 3.69. The highest BCUT2D eigenvalue weighted by Crippen LogP contribution is 2.40. The number of rotatable bonds is 5. The molecule has 0 radical (unpaired) electrons. The topological polar surface area (TPSA) is 121 Å². The van der Waals surface area contributed by atoms with Crippen LogP contribution in [-0.2, 0) is 11.2 Å². The van der Waals surface area contributed by atoms with Gasteiger partial charge < -0.3 is 20.4 Å². The average Bonchev–Trinajstić information content (AvgIpc) is 3.54. The Kier molecular flexibility index (Phi) is 5.16. The maximum absolute atomic E-state index is 12.0. The largest absolute Gasteiger partial charge is 0.456 e. The van der Waals surface area contributed by atoms with Gasteiger partial charge in [-0.15, -0.1) is 0 Å². The number of nitrogens with one attached hydrogen (secondary N) is 2. The van der Waals surface area contributed by atoms with E-state index in [1.165, 1.54) is 18.0 Å². The minimum Gasteiger partial charge on any atom is -0.456 e. The summed E-state index contributed by atoms with van der Waals surface area (Å²) in [6.45, 7) is 5.15. The summed E-state index contributed by atoms with van der Waals surface area (Å²) in [5.41, 5.74) is 10.1. The monoisotopic (exact) mass is 468 g/mol. The molecule has 2 atom stereocenters. The minimum absolute atomic E-state index is 0.0107. The Morgan fingerprint density at radius 3 is 2.74 bits per heavy atom. The summed E-state index contributed by atoms with van der Waals surface area (Å²) in [5.74, 6) is 2.64. The summed E-state index contributed by atoms with van der Waals surface area (Å²) in [5, 5.41) is 13.7. The number of carbonyl (C=O) groups excluding carboxylic acids is 1. The first kappa shape index (κ1) is 21.6. The number of amides is 1. The molecule has 2 fully saturated rings. The molecule has 1 aliphatic heterocycles. The Bertz CT molecular complexity index is 1380. The molecule has 3 heterocycles. The highest BCUT2D eigenvalue weighted by molar-refractivity contribution is 6.18. The van der Waals surface area contributed by atoms with Gasteiger partial charge in [0.2, 0.25) is 5.91 Å². The number of benzene rings is 1. The molecule has 8 nitrogen and oxygen atoms in total. The van der Waals surface area contributed by atoms with Crippen molar-refractivity contribution in [1.29, 1.82) is 5.41 Å². The van der Waals surface area contributed by atoms with Gasteiger partial charge in [-0.05, 0) is 61.3 Å². The lowest BCUT2D eigenvalue weighted by molar-refractivity contribution is -0.125. The number of carbonyl (C=O) groups is 1. The number of hydrogen-bond donors (Lipinski definition) is 3. The summed E-state index contributed by atoms with van der Waals surface area (Å²) in [6, 6.07) is 8.26. The molecule has 35 heavy (non-hydrogen) atoms. The number of furan rings is 1. The van der Waals surface area contributed by atoms with Gasteiger partial charge in [0.05, 0.1) is 11.3 Å². The molecular formula is C27H28N6O2. The third-order valence-corrected chi connectivity index (χ3v) is 7.71. The zero-order valence-electron chi connectivity index (χ0n) is 19.5. The molecule has 0 spiro atoms. The minimum atomic E-state index is 0.0107. The van der Waals surface area contributed by atoms with E-state index in [1.807, 2.05) is 29.2 Å². The number of likely N-dealkylation sites (tertiary alicyclic amines) is 1. The van der Waals surface area contributed by atoms with Gasteiger partial charge in [-0.2, -0.15) is 0 Å². The molecule has 1 amide bonds. The number of hydrogen-bond acceptors (Lipinski definition) is 7. The van der Waals surface area contributed by atoms with Crippen LogP contribution in [0.1, 0.15) is 36.1 Å². The number of nitrogen functional groups attached to an aromatic ring is 1. The van der Waals surface area contributed by atoms with Crippen LogP contribution in [0.25, 0.3) is 17.0 Å². The second-order valence-electron chi connectivity index (χ2n) is 9.75. The standard InChI is InChI=1S/C27H28N6O2/c1-2-23(34)33-12-16-9-18(10-17(16)13-33)32-27-24(26(29)30-14-31-27)25(28)15-7-8-20-19-5-3-4-6-21(19)35-22(20)11-15/h2-6,11,14,16-18,28H,1,7-10,12-13H2,(H3,29,30,31,32). The molecule has 2 aromatic heterocycles. The second-order valence-corrected chi connectivity index (χ2v) is 9.75. The molecular weight excluding hydrogens is 440 g/mol. The molecule has 178 valence electrons. The fraction of sp³-hybridized carbons (Fsp3) is 0.333. The number of fused-ring (bicyclic) bond motifs is 4. The lowest BCUT2D eigenvalue weighted by atomic mass is 9.90. The van der Waals surface area contributed by atoms with Crippen molar-refractivity contribution in [3.05, 3.63) is 65.7 Å². The third-order valence-electron chi connectivity index (χ3n) is 7.71. The van der Waals surface area contributed by atoms with Crippen LogP contribution in [0, 0.1) is 17.2 Å². The predicted octanol–water partition coefficient (Wildman–Crippen LogP) is 4.04. The Balaban J connectivity index is 1.23. The van der Waals surface area contributed by atoms with E-state index in [4.69, 9.17) is 15.6 Å². The lowest BCUT2D eigenvalue weighted by Crippen LogP contribution is -2.30. The summed E-state index contributed by atoms with van der Waals surface area (Å²) in [7, 11) is 0. The molecule has 1 saturated heterocycles. The van der Waals surface area contributed by atoms with Crippen molar-refractivity contribution in [3.63, 3.8) is 0 Å². The molecule has 1 aromatic carbocycles. The van der Waals surface area contributed by atoms with Gasteiger partial charge in [0.1, 0.15) is 29.3 Å². The summed E-state index contributed by atoms with van der Waals surface area (Å²) in [6.07, 6.45) is 8.24. The zero-order valence-corrected chi connectivity index (χ0v) is 19.5. The van der Waals surface area contributed by atoms with Crippen LogP contribution in [0.3, 0.4) is 0 Å². The van der Waals surface area contributed by atoms with Crippen molar-refractivity contribution in [2.24, 2.45) is 11.8 Å². The maximum atomic E-state index is 12.0. The molecule has 2 unspecified atom stereocenters. The number of nitrogens with zero attached hydrogens (tertiary/aromatic N) is 3. The quantitative estimate of drug-likeness (QED) is 0.384. The highest BCUT2D eigenvalue weighted by Gasteiger charge is 2.42. The van der Waals surface area contributed by atoms with Crippen molar-refractivity contribution >= 4 is 40.3 Å². The summed E-state index contributed by atoms with van der Waals surface area (Å²) >= 11 is 0. The summed E-state index contributed by atoms with van der Waals surface area (Å²) in [4.78, 5) is 22.5. The van der Waals surface area contributed by atoms with Gasteiger partial charge in [-0.25, -0.2) is 9.97 Å². The first-order chi connectivity index (χ1) is 17.0. The van der Waals surface area contributed by atoms with Crippen molar-refractivity contribution < 1.29 is 9.21 Å². The SMILES string of the molecule is C=CC(=O)N1CC2CC(Nc3ncnc(N)c3C(=N)C3=Cc4oc5ccccc5c4CC3)CC2C1. The Morgan fingerprint density at radius 1 is 1.20 bits per heavy atom. The lowest BCUT2D eigenvalue weighted by Gasteiger charge is -2.21. The molecule has 6 rings (SSSR count). The van der Waals surface area contributed by atoms with E-state index in [2.05, 4.69) is 27.9 Å². The highest BCUT2D eigenvalue weighted by atomic mass is 16.3. The molecule has 1 saturated carbocycles. The van der Waals surface area contributed by atoms with Crippen molar-refractivity contribution in [2.75, 3.05) is 24.1 Å². The number of aryl methyl sites for hydroxylation is 1. The molecule has 2 aliphatic carbocycles. The van der Waals surface area contributed by atoms with Gasteiger partial charge in [0, 0.05) is 30.1 Å². The van der Waals surface area contributed by atoms with Crippen LogP contribution in [0.2, 0.25) is 0 Å². The number of allylic oxidation sites excluding steroid dienone is 1. The zero-order chi connectivity index (χ0) is 24.1. The van der Waals surface area contributed by atoms with Gasteiger partial charge in [-0.1, -0.05) is 24.8 Å². The summed E-state index contributed by atoms with van der Waals surface area (Å²) < 4.78 is 6.07. The van der Waals surface area contributed by atoms with Gasteiger partial charge in [0.25, 0.3) is 0 Å². The van der Waals surface area contributed by atoms with Crippen molar-refractivity contribution in [3.8, 4) is 0 Å². The number of para-hydroxylation sites is 1. The van der Waals surface area contributed by atoms with E-state index >= 15 is 0 Å². The van der Waals surface area contributed by atoms with Gasteiger partial charge >= 0.3 is 0 Å². The Labute approximate surface area is 203 Å². The van der Waals surface area contributed by atoms with Crippen molar-refractivity contribution in [2.45, 2.75) is 31.7 Å². The van der Waals surface area contributed by atoms with Crippen LogP contribution in [0.5, 0.6) is 0 Å². The maximum Gasteiger partial charge on any atom is 0.245 e. The number of anilines is 2. The van der Waals surface area contributed by atoms with Crippen LogP contribution in [0.15, 0.2) is 53.2 Å². The molecule has 0 bridgehead atoms. The van der Waals surface area contributed by atoms with Crippen LogP contribution in [-0.4, -0.2) is 45.6 Å². The molecule has 3 aliphatic rings. The Hall–Kier alpha value is -3.94. The van der Waals surface area contributed by atoms with E-state index in [-0.39, 0.29) is 11.9 Å². The van der Waals surface area contributed by atoms with E-state index in [9.17, 15) is 4.79 Å². The van der Waals surface area contributed by atoms with Crippen LogP contribution >= 0.6 is 0 Å². The fourth-order valence-corrected chi connectivity index (χ4v) is 6.02. The normalized spacial score (nSPS) is 23.0. The fourth-order valence-electron chi connectivity index (χ4n) is 6.02. The van der Waals surface area contributed by atoms with E-state index in [0.29, 0.717) is 34.7 Å². The number of nitrogens with two attached hydrogens (primary N) is 1. The number of aromatic nitrogens is 2.